The van der Waals surface area contributed by atoms with E-state index in [0.717, 1.165) is 25.7 Å². The predicted octanol–water partition coefficient (Wildman–Crippen LogP) is 4.01. The second kappa shape index (κ2) is 11.3. The van der Waals surface area contributed by atoms with Crippen LogP contribution in [0.25, 0.3) is 0 Å². The molecule has 0 heterocycles. The summed E-state index contributed by atoms with van der Waals surface area (Å²) >= 11 is 0. The molecule has 0 aromatic rings. The molecule has 0 radical (unpaired) electrons. The van der Waals surface area contributed by atoms with E-state index in [1.165, 1.54) is 12.8 Å². The van der Waals surface area contributed by atoms with Crippen LogP contribution in [0.3, 0.4) is 0 Å². The topological polar surface area (TPSA) is 20.2 Å². The number of unbranched alkanes of at least 4 members (excludes halogenated alkanes) is 3. The molecule has 0 aromatic carbocycles. The van der Waals surface area contributed by atoms with Crippen molar-refractivity contribution in [1.82, 2.24) is 0 Å². The highest BCUT2D eigenvalue weighted by Crippen LogP contribution is 2.07. The van der Waals surface area contributed by atoms with E-state index in [1.807, 2.05) is 19.1 Å². The lowest BCUT2D eigenvalue weighted by Gasteiger charge is -2.05. The second-order valence-corrected chi connectivity index (χ2v) is 3.75. The third-order valence-electron chi connectivity index (χ3n) is 2.37. The zero-order chi connectivity index (χ0) is 11.4. The molecule has 1 heteroatoms. The highest BCUT2D eigenvalue weighted by molar-refractivity contribution is 5.08. The Bertz CT molecular complexity index is 192. The molecule has 0 fully saturated rings. The van der Waals surface area contributed by atoms with E-state index in [9.17, 15) is 5.11 Å². The van der Waals surface area contributed by atoms with Gasteiger partial charge in [0.15, 0.2) is 0 Å². The van der Waals surface area contributed by atoms with E-state index in [4.69, 9.17) is 0 Å². The molecule has 1 nitrogen and oxygen atoms in total. The Labute approximate surface area is 94.2 Å². The largest absolute Gasteiger partial charge is 0.393 e. The van der Waals surface area contributed by atoms with Crippen LogP contribution in [0.2, 0.25) is 0 Å². The lowest BCUT2D eigenvalue weighted by atomic mass is 10.1. The van der Waals surface area contributed by atoms with Gasteiger partial charge in [-0.3, -0.25) is 0 Å². The Morgan fingerprint density at radius 2 is 1.93 bits per heavy atom. The average Bonchev–Trinajstić information content (AvgIpc) is 2.26. The van der Waals surface area contributed by atoms with Crippen LogP contribution in [0.5, 0.6) is 0 Å². The van der Waals surface area contributed by atoms with Crippen LogP contribution in [0.1, 0.15) is 45.4 Å². The molecule has 0 aliphatic carbocycles. The average molecular weight is 208 g/mol. The fourth-order valence-electron chi connectivity index (χ4n) is 1.34. The predicted molar refractivity (Wildman–Crippen MR) is 67.9 cm³/mol. The van der Waals surface area contributed by atoms with E-state index >= 15 is 0 Å². The third-order valence-corrected chi connectivity index (χ3v) is 2.37. The van der Waals surface area contributed by atoms with Gasteiger partial charge in [-0.25, -0.2) is 0 Å². The summed E-state index contributed by atoms with van der Waals surface area (Å²) in [6.07, 6.45) is 16.4. The van der Waals surface area contributed by atoms with Gasteiger partial charge in [0.25, 0.3) is 0 Å². The van der Waals surface area contributed by atoms with Gasteiger partial charge in [0, 0.05) is 0 Å². The molecule has 0 aromatic heterocycles. The van der Waals surface area contributed by atoms with Crippen LogP contribution < -0.4 is 0 Å². The van der Waals surface area contributed by atoms with E-state index in [1.54, 1.807) is 6.08 Å². The minimum Gasteiger partial charge on any atom is -0.393 e. The maximum atomic E-state index is 9.33. The van der Waals surface area contributed by atoms with Crippen LogP contribution in [-0.4, -0.2) is 11.2 Å². The second-order valence-electron chi connectivity index (χ2n) is 3.75. The summed E-state index contributed by atoms with van der Waals surface area (Å²) in [4.78, 5) is 0. The summed E-state index contributed by atoms with van der Waals surface area (Å²) in [5, 5.41) is 9.33. The minimum absolute atomic E-state index is 0.0870. The molecule has 0 bridgehead atoms. The van der Waals surface area contributed by atoms with Crippen molar-refractivity contribution in [3.63, 3.8) is 0 Å². The van der Waals surface area contributed by atoms with Crippen molar-refractivity contribution >= 4 is 0 Å². The van der Waals surface area contributed by atoms with E-state index in [-0.39, 0.29) is 6.10 Å². The smallest absolute Gasteiger partial charge is 0.0537 e. The highest BCUT2D eigenvalue weighted by Gasteiger charge is 1.98. The molecule has 0 saturated carbocycles. The van der Waals surface area contributed by atoms with Gasteiger partial charge < -0.3 is 5.11 Å². The van der Waals surface area contributed by atoms with Gasteiger partial charge in [0.1, 0.15) is 0 Å². The zero-order valence-electron chi connectivity index (χ0n) is 9.86. The van der Waals surface area contributed by atoms with Crippen LogP contribution in [0, 0.1) is 0 Å². The van der Waals surface area contributed by atoms with Crippen molar-refractivity contribution in [2.45, 2.75) is 51.6 Å². The third kappa shape index (κ3) is 11.1. The summed E-state index contributed by atoms with van der Waals surface area (Å²) in [6.45, 7) is 5.63. The molecule has 1 N–H and O–H groups in total. The first-order valence-electron chi connectivity index (χ1n) is 5.93. The zero-order valence-corrected chi connectivity index (χ0v) is 9.86. The maximum absolute atomic E-state index is 9.33. The summed E-state index contributed by atoms with van der Waals surface area (Å²) < 4.78 is 0. The first-order chi connectivity index (χ1) is 7.31. The van der Waals surface area contributed by atoms with E-state index in [0.29, 0.717) is 0 Å². The van der Waals surface area contributed by atoms with Crippen molar-refractivity contribution in [2.24, 2.45) is 0 Å². The lowest BCUT2D eigenvalue weighted by Crippen LogP contribution is -2.03. The fraction of sp³-hybridized carbons (Fsp3) is 0.571. The summed E-state index contributed by atoms with van der Waals surface area (Å²) in [7, 11) is 0. The van der Waals surface area contributed by atoms with Gasteiger partial charge in [-0.05, 0) is 25.7 Å². The number of hydrogen-bond donors (Lipinski definition) is 1. The highest BCUT2D eigenvalue weighted by atomic mass is 16.3. The molecule has 0 aliphatic rings. The summed E-state index contributed by atoms with van der Waals surface area (Å²) in [5.74, 6) is 0. The summed E-state index contributed by atoms with van der Waals surface area (Å²) in [6, 6.07) is 0. The van der Waals surface area contributed by atoms with Crippen LogP contribution in [0.4, 0.5) is 0 Å². The molecule has 0 amide bonds. The fourth-order valence-corrected chi connectivity index (χ4v) is 1.34. The normalized spacial score (nSPS) is 13.7. The molecule has 0 aliphatic heterocycles. The number of rotatable bonds is 9. The Morgan fingerprint density at radius 3 is 2.60 bits per heavy atom. The Kier molecular flexibility index (Phi) is 10.6. The molecule has 1 atom stereocenters. The standard InChI is InChI=1S/C14H24O/c1-3-5-6-7-8-9-10-11-12-13-14(15)4-2/h3,5-8,14-15H,1,4,9-13H2,2H3. The monoisotopic (exact) mass is 208 g/mol. The maximum Gasteiger partial charge on any atom is 0.0537 e. The van der Waals surface area contributed by atoms with Crippen molar-refractivity contribution in [2.75, 3.05) is 0 Å². The Hall–Kier alpha value is -0.820. The van der Waals surface area contributed by atoms with Crippen LogP contribution in [-0.2, 0) is 0 Å². The molecule has 1 unspecified atom stereocenters. The van der Waals surface area contributed by atoms with E-state index in [2.05, 4.69) is 18.7 Å². The molecular formula is C14H24O. The molecule has 0 rings (SSSR count). The molecular weight excluding hydrogens is 184 g/mol. The van der Waals surface area contributed by atoms with Crippen LogP contribution >= 0.6 is 0 Å². The van der Waals surface area contributed by atoms with Gasteiger partial charge in [0.05, 0.1) is 6.10 Å². The lowest BCUT2D eigenvalue weighted by molar-refractivity contribution is 0.156. The van der Waals surface area contributed by atoms with Gasteiger partial charge in [-0.2, -0.15) is 0 Å². The minimum atomic E-state index is -0.0870. The summed E-state index contributed by atoms with van der Waals surface area (Å²) in [5.41, 5.74) is 0. The first kappa shape index (κ1) is 14.2. The number of hydrogen-bond acceptors (Lipinski definition) is 1. The van der Waals surface area contributed by atoms with Crippen molar-refractivity contribution in [3.05, 3.63) is 37.0 Å². The molecule has 15 heavy (non-hydrogen) atoms. The van der Waals surface area contributed by atoms with Gasteiger partial charge >= 0.3 is 0 Å². The number of aliphatic hydroxyl groups excluding tert-OH is 1. The van der Waals surface area contributed by atoms with Gasteiger partial charge in [-0.1, -0.05) is 56.7 Å². The Morgan fingerprint density at radius 1 is 1.13 bits per heavy atom. The molecule has 0 saturated heterocycles. The Balaban J connectivity index is 3.21. The van der Waals surface area contributed by atoms with Crippen molar-refractivity contribution in [3.8, 4) is 0 Å². The van der Waals surface area contributed by atoms with E-state index < -0.39 is 0 Å². The SMILES string of the molecule is C=CC=CC=CCCCCCC(O)CC. The molecule has 0 spiro atoms. The number of allylic oxidation sites excluding steroid dienone is 5. The van der Waals surface area contributed by atoms with Gasteiger partial charge in [0.2, 0.25) is 0 Å². The quantitative estimate of drug-likeness (QED) is 0.448. The molecule has 86 valence electrons. The van der Waals surface area contributed by atoms with Crippen molar-refractivity contribution in [1.29, 1.82) is 0 Å². The van der Waals surface area contributed by atoms with Crippen LogP contribution in [0.15, 0.2) is 37.0 Å². The van der Waals surface area contributed by atoms with Crippen molar-refractivity contribution < 1.29 is 5.11 Å². The van der Waals surface area contributed by atoms with Gasteiger partial charge in [-0.15, -0.1) is 0 Å². The first-order valence-corrected chi connectivity index (χ1v) is 5.93. The number of aliphatic hydroxyl groups is 1.